The summed E-state index contributed by atoms with van der Waals surface area (Å²) in [6, 6.07) is 18.1. The van der Waals surface area contributed by atoms with E-state index in [1.807, 2.05) is 36.4 Å². The molecule has 2 aliphatic rings. The number of rotatable bonds is 9. The van der Waals surface area contributed by atoms with E-state index in [2.05, 4.69) is 34.0 Å². The molecule has 1 aromatic heterocycles. The minimum absolute atomic E-state index is 0.0784. The Bertz CT molecular complexity index is 1100. The molecule has 34 heavy (non-hydrogen) atoms. The molecule has 2 N–H and O–H groups in total. The number of aromatic nitrogens is 1. The summed E-state index contributed by atoms with van der Waals surface area (Å²) in [4.78, 5) is 13.9. The highest BCUT2D eigenvalue weighted by Crippen LogP contribution is 2.32. The molecule has 0 radical (unpaired) electrons. The average Bonchev–Trinajstić information content (AvgIpc) is 3.52. The Labute approximate surface area is 203 Å². The molecule has 178 valence electrons. The van der Waals surface area contributed by atoms with Crippen LogP contribution in [0.5, 0.6) is 11.5 Å². The molecule has 2 aliphatic heterocycles. The first-order valence-electron chi connectivity index (χ1n) is 11.7. The summed E-state index contributed by atoms with van der Waals surface area (Å²) in [5.74, 6) is 3.87. The van der Waals surface area contributed by atoms with Crippen LogP contribution in [0.2, 0.25) is 0 Å². The van der Waals surface area contributed by atoms with Crippen LogP contribution in [-0.2, 0) is 23.5 Å². The second-order valence-electron chi connectivity index (χ2n) is 8.77. The van der Waals surface area contributed by atoms with Crippen molar-refractivity contribution < 1.29 is 18.8 Å². The van der Waals surface area contributed by atoms with E-state index in [0.717, 1.165) is 60.2 Å². The van der Waals surface area contributed by atoms with Gasteiger partial charge in [0.2, 0.25) is 12.7 Å². The first kappa shape index (κ1) is 22.8. The van der Waals surface area contributed by atoms with Crippen LogP contribution in [0.3, 0.4) is 0 Å². The Balaban J connectivity index is 1.11. The lowest BCUT2D eigenvalue weighted by Crippen LogP contribution is -2.40. The quantitative estimate of drug-likeness (QED) is 0.446. The Hall–Kier alpha value is -2.97. The van der Waals surface area contributed by atoms with E-state index in [-0.39, 0.29) is 12.7 Å². The zero-order chi connectivity index (χ0) is 23.2. The van der Waals surface area contributed by atoms with Gasteiger partial charge >= 0.3 is 0 Å². The third-order valence-electron chi connectivity index (χ3n) is 6.34. The predicted molar refractivity (Wildman–Crippen MR) is 130 cm³/mol. The zero-order valence-electron chi connectivity index (χ0n) is 19.0. The number of carbonyl (C=O) groups excluding carboxylic acids is 1. The van der Waals surface area contributed by atoms with Crippen LogP contribution < -0.4 is 20.1 Å². The minimum atomic E-state index is 0.0784. The molecule has 0 saturated carbocycles. The van der Waals surface area contributed by atoms with E-state index < -0.39 is 0 Å². The third-order valence-corrected chi connectivity index (χ3v) is 7.38. The van der Waals surface area contributed by atoms with Crippen molar-refractivity contribution in [3.63, 3.8) is 0 Å². The zero-order valence-corrected chi connectivity index (χ0v) is 19.8. The molecule has 0 spiro atoms. The van der Waals surface area contributed by atoms with Crippen LogP contribution in [0.4, 0.5) is 0 Å². The number of piperidine rings is 1. The summed E-state index contributed by atoms with van der Waals surface area (Å²) in [7, 11) is 0. The molecule has 8 heteroatoms. The van der Waals surface area contributed by atoms with E-state index >= 15 is 0 Å². The number of fused-ring (bicyclic) bond motifs is 1. The fourth-order valence-corrected chi connectivity index (χ4v) is 5.30. The number of nitrogens with one attached hydrogen (secondary N) is 2. The van der Waals surface area contributed by atoms with Crippen molar-refractivity contribution in [2.24, 2.45) is 11.8 Å². The lowest BCUT2D eigenvalue weighted by molar-refractivity contribution is -0.122. The van der Waals surface area contributed by atoms with Crippen LogP contribution in [0, 0.1) is 11.8 Å². The van der Waals surface area contributed by atoms with Crippen LogP contribution >= 0.6 is 11.8 Å². The third kappa shape index (κ3) is 5.93. The van der Waals surface area contributed by atoms with Gasteiger partial charge in [-0.1, -0.05) is 29.4 Å². The number of carbonyl (C=O) groups is 1. The number of amides is 1. The molecule has 3 heterocycles. The Morgan fingerprint density at radius 2 is 1.97 bits per heavy atom. The standard InChI is InChI=1S/C26H29N3O4S/c30-26(28-14-18-6-7-24-25(10-18)32-17-31-24)12-19-8-9-27-15-20(19)11-21-13-22(33-29-21)16-34-23-4-2-1-3-5-23/h1-7,10,13,19-20,27H,8-9,11-12,14-17H2,(H,28,30)/t19-,20-/m0/s1. The monoisotopic (exact) mass is 479 g/mol. The number of benzene rings is 2. The predicted octanol–water partition coefficient (Wildman–Crippen LogP) is 4.17. The van der Waals surface area contributed by atoms with Crippen LogP contribution in [0.15, 0.2) is 64.0 Å². The van der Waals surface area contributed by atoms with E-state index in [1.54, 1.807) is 11.8 Å². The number of nitrogens with zero attached hydrogens (tertiary/aromatic N) is 1. The highest BCUT2D eigenvalue weighted by molar-refractivity contribution is 7.98. The van der Waals surface area contributed by atoms with Gasteiger partial charge in [0.15, 0.2) is 11.5 Å². The summed E-state index contributed by atoms with van der Waals surface area (Å²) in [6.07, 6.45) is 2.31. The molecule has 2 atom stereocenters. The smallest absolute Gasteiger partial charge is 0.231 e. The number of hydrogen-bond donors (Lipinski definition) is 2. The van der Waals surface area contributed by atoms with E-state index in [1.165, 1.54) is 4.90 Å². The molecule has 0 bridgehead atoms. The summed E-state index contributed by atoms with van der Waals surface area (Å²) in [5, 5.41) is 10.8. The summed E-state index contributed by atoms with van der Waals surface area (Å²) in [6.45, 7) is 2.56. The largest absolute Gasteiger partial charge is 0.454 e. The molecule has 7 nitrogen and oxygen atoms in total. The van der Waals surface area contributed by atoms with Crippen molar-refractivity contribution in [3.05, 3.63) is 71.6 Å². The van der Waals surface area contributed by atoms with Gasteiger partial charge in [-0.2, -0.15) is 0 Å². The maximum Gasteiger partial charge on any atom is 0.231 e. The maximum atomic E-state index is 12.7. The fraction of sp³-hybridized carbons (Fsp3) is 0.385. The number of hydrogen-bond acceptors (Lipinski definition) is 7. The molecule has 2 aromatic carbocycles. The second-order valence-corrected chi connectivity index (χ2v) is 9.82. The highest BCUT2D eigenvalue weighted by atomic mass is 32.2. The second kappa shape index (κ2) is 11.0. The van der Waals surface area contributed by atoms with Crippen molar-refractivity contribution in [1.82, 2.24) is 15.8 Å². The van der Waals surface area contributed by atoms with Gasteiger partial charge in [-0.05, 0) is 67.6 Å². The van der Waals surface area contributed by atoms with Crippen molar-refractivity contribution in [2.45, 2.75) is 36.5 Å². The first-order chi connectivity index (χ1) is 16.7. The molecule has 0 unspecified atom stereocenters. The van der Waals surface area contributed by atoms with Crippen LogP contribution in [-0.4, -0.2) is 30.9 Å². The van der Waals surface area contributed by atoms with E-state index in [9.17, 15) is 4.79 Å². The van der Waals surface area contributed by atoms with Crippen molar-refractivity contribution in [3.8, 4) is 11.5 Å². The Kier molecular flexibility index (Phi) is 7.36. The van der Waals surface area contributed by atoms with Crippen molar-refractivity contribution >= 4 is 17.7 Å². The lowest BCUT2D eigenvalue weighted by Gasteiger charge is -2.31. The SMILES string of the molecule is O=C(C[C@@H]1CCNC[C@@H]1Cc1cc(CSc2ccccc2)on1)NCc1ccc2c(c1)OCO2. The topological polar surface area (TPSA) is 85.6 Å². The van der Waals surface area contributed by atoms with Gasteiger partial charge in [0.25, 0.3) is 0 Å². The first-order valence-corrected chi connectivity index (χ1v) is 12.7. The van der Waals surface area contributed by atoms with E-state index in [0.29, 0.717) is 24.8 Å². The number of ether oxygens (including phenoxy) is 2. The molecule has 1 fully saturated rings. The highest BCUT2D eigenvalue weighted by Gasteiger charge is 2.28. The van der Waals surface area contributed by atoms with Crippen molar-refractivity contribution in [2.75, 3.05) is 19.9 Å². The van der Waals surface area contributed by atoms with E-state index in [4.69, 9.17) is 14.0 Å². The summed E-state index contributed by atoms with van der Waals surface area (Å²) < 4.78 is 16.3. The molecule has 1 amide bonds. The molecule has 3 aromatic rings. The van der Waals surface area contributed by atoms with Gasteiger partial charge in [0, 0.05) is 23.9 Å². The summed E-state index contributed by atoms with van der Waals surface area (Å²) in [5.41, 5.74) is 1.96. The van der Waals surface area contributed by atoms with Gasteiger partial charge < -0.3 is 24.6 Å². The van der Waals surface area contributed by atoms with Gasteiger partial charge in [0.1, 0.15) is 5.76 Å². The minimum Gasteiger partial charge on any atom is -0.454 e. The van der Waals surface area contributed by atoms with Crippen molar-refractivity contribution in [1.29, 1.82) is 0 Å². The molecular formula is C26H29N3O4S. The van der Waals surface area contributed by atoms with Gasteiger partial charge in [-0.15, -0.1) is 11.8 Å². The fourth-order valence-electron chi connectivity index (χ4n) is 4.51. The molecule has 5 rings (SSSR count). The Morgan fingerprint density at radius 1 is 1.09 bits per heavy atom. The average molecular weight is 480 g/mol. The van der Waals surface area contributed by atoms with Crippen LogP contribution in [0.25, 0.3) is 0 Å². The van der Waals surface area contributed by atoms with Crippen LogP contribution in [0.1, 0.15) is 29.9 Å². The Morgan fingerprint density at radius 3 is 2.88 bits per heavy atom. The summed E-state index contributed by atoms with van der Waals surface area (Å²) >= 11 is 1.74. The van der Waals surface area contributed by atoms with Gasteiger partial charge in [-0.3, -0.25) is 4.79 Å². The normalized spacial score (nSPS) is 19.2. The lowest BCUT2D eigenvalue weighted by atomic mass is 9.81. The molecule has 0 aliphatic carbocycles. The number of thioether (sulfide) groups is 1. The molecule has 1 saturated heterocycles. The van der Waals surface area contributed by atoms with Gasteiger partial charge in [-0.25, -0.2) is 0 Å². The van der Waals surface area contributed by atoms with Gasteiger partial charge in [0.05, 0.1) is 11.4 Å². The molecular weight excluding hydrogens is 450 g/mol. The maximum absolute atomic E-state index is 12.7.